The number of halogens is 1. The van der Waals surface area contributed by atoms with Gasteiger partial charge in [-0.15, -0.1) is 5.10 Å². The molecular weight excluding hydrogens is 249 g/mol. The van der Waals surface area contributed by atoms with E-state index in [1.54, 1.807) is 4.68 Å². The number of aromatic nitrogens is 4. The summed E-state index contributed by atoms with van der Waals surface area (Å²) < 4.78 is 20.3. The number of benzene rings is 1. The van der Waals surface area contributed by atoms with Gasteiger partial charge in [-0.25, -0.2) is 9.07 Å². The number of nitrogens with two attached hydrogens (primary N) is 1. The van der Waals surface area contributed by atoms with E-state index in [1.807, 2.05) is 0 Å². The van der Waals surface area contributed by atoms with Gasteiger partial charge in [-0.3, -0.25) is 0 Å². The number of hydrogen-bond acceptors (Lipinski definition) is 5. The lowest BCUT2D eigenvalue weighted by molar-refractivity contribution is 0.181. The first-order valence-corrected chi connectivity index (χ1v) is 6.13. The highest BCUT2D eigenvalue weighted by atomic mass is 19.1. The van der Waals surface area contributed by atoms with Crippen LogP contribution in [0.3, 0.4) is 0 Å². The van der Waals surface area contributed by atoms with Gasteiger partial charge in [0.1, 0.15) is 5.82 Å². The van der Waals surface area contributed by atoms with Crippen LogP contribution in [0.25, 0.3) is 11.4 Å². The van der Waals surface area contributed by atoms with E-state index in [4.69, 9.17) is 10.5 Å². The van der Waals surface area contributed by atoms with E-state index in [0.717, 1.165) is 13.0 Å². The molecule has 100 valence electrons. The molecule has 1 aromatic heterocycles. The third kappa shape index (κ3) is 2.41. The van der Waals surface area contributed by atoms with Crippen molar-refractivity contribution < 1.29 is 9.13 Å². The topological polar surface area (TPSA) is 78.9 Å². The lowest BCUT2D eigenvalue weighted by Crippen LogP contribution is -2.13. The Labute approximate surface area is 109 Å². The number of nitrogen functional groups attached to an aromatic ring is 1. The minimum atomic E-state index is -0.358. The van der Waals surface area contributed by atoms with E-state index in [-0.39, 0.29) is 5.82 Å². The summed E-state index contributed by atoms with van der Waals surface area (Å²) >= 11 is 0. The molecule has 1 aliphatic rings. The van der Waals surface area contributed by atoms with E-state index < -0.39 is 0 Å². The summed E-state index contributed by atoms with van der Waals surface area (Å²) in [6.45, 7) is 2.13. The molecule has 1 fully saturated rings. The first kappa shape index (κ1) is 12.0. The van der Waals surface area contributed by atoms with E-state index in [2.05, 4.69) is 15.5 Å². The van der Waals surface area contributed by atoms with Crippen LogP contribution < -0.4 is 5.73 Å². The van der Waals surface area contributed by atoms with Gasteiger partial charge in [-0.05, 0) is 35.0 Å². The van der Waals surface area contributed by atoms with Crippen LogP contribution >= 0.6 is 0 Å². The van der Waals surface area contributed by atoms with Gasteiger partial charge < -0.3 is 10.5 Å². The summed E-state index contributed by atoms with van der Waals surface area (Å²) in [6, 6.07) is 4.18. The van der Waals surface area contributed by atoms with Crippen LogP contribution in [0.4, 0.5) is 10.1 Å². The average Bonchev–Trinajstić information content (AvgIpc) is 3.04. The highest BCUT2D eigenvalue weighted by Crippen LogP contribution is 2.25. The molecule has 0 aliphatic carbocycles. The van der Waals surface area contributed by atoms with Gasteiger partial charge in [0, 0.05) is 23.8 Å². The number of anilines is 1. The minimum Gasteiger partial charge on any atom is -0.398 e. The van der Waals surface area contributed by atoms with Gasteiger partial charge in [0.05, 0.1) is 13.2 Å². The van der Waals surface area contributed by atoms with Crippen LogP contribution in [-0.2, 0) is 11.3 Å². The van der Waals surface area contributed by atoms with Crippen LogP contribution in [0, 0.1) is 11.7 Å². The largest absolute Gasteiger partial charge is 0.398 e. The lowest BCUT2D eigenvalue weighted by atomic mass is 10.1. The molecule has 0 radical (unpaired) electrons. The van der Waals surface area contributed by atoms with Crippen LogP contribution in [0.15, 0.2) is 18.2 Å². The van der Waals surface area contributed by atoms with Gasteiger partial charge >= 0.3 is 0 Å². The van der Waals surface area contributed by atoms with Gasteiger partial charge in [0.25, 0.3) is 0 Å². The number of nitrogens with zero attached hydrogens (tertiary/aromatic N) is 4. The van der Waals surface area contributed by atoms with Crippen molar-refractivity contribution in [2.24, 2.45) is 5.92 Å². The third-order valence-corrected chi connectivity index (χ3v) is 3.24. The standard InChI is InChI=1S/C12H14FN5O/c13-9-1-2-11(14)10(5-9)12-15-16-17-18(12)6-8-3-4-19-7-8/h1-2,5,8H,3-4,6-7,14H2. The molecule has 1 unspecified atom stereocenters. The molecule has 1 aromatic carbocycles. The molecule has 1 aliphatic heterocycles. The lowest BCUT2D eigenvalue weighted by Gasteiger charge is -2.10. The van der Waals surface area contributed by atoms with Crippen molar-refractivity contribution in [1.82, 2.24) is 20.2 Å². The molecule has 7 heteroatoms. The summed E-state index contributed by atoms with van der Waals surface area (Å²) in [5.74, 6) is 0.517. The first-order chi connectivity index (χ1) is 9.24. The maximum atomic E-state index is 13.3. The van der Waals surface area contributed by atoms with E-state index >= 15 is 0 Å². The Morgan fingerprint density at radius 1 is 1.47 bits per heavy atom. The molecule has 6 nitrogen and oxygen atoms in total. The Kier molecular flexibility index (Phi) is 3.12. The van der Waals surface area contributed by atoms with Crippen molar-refractivity contribution >= 4 is 5.69 Å². The van der Waals surface area contributed by atoms with Crippen molar-refractivity contribution in [3.63, 3.8) is 0 Å². The van der Waals surface area contributed by atoms with Gasteiger partial charge in [-0.2, -0.15) is 0 Å². The van der Waals surface area contributed by atoms with Crippen molar-refractivity contribution in [2.45, 2.75) is 13.0 Å². The van der Waals surface area contributed by atoms with Gasteiger partial charge in [-0.1, -0.05) is 0 Å². The molecule has 1 atom stereocenters. The molecule has 19 heavy (non-hydrogen) atoms. The second-order valence-electron chi connectivity index (χ2n) is 4.65. The molecular formula is C12H14FN5O. The quantitative estimate of drug-likeness (QED) is 0.839. The molecule has 3 rings (SSSR count). The summed E-state index contributed by atoms with van der Waals surface area (Å²) in [7, 11) is 0. The van der Waals surface area contributed by atoms with E-state index in [9.17, 15) is 4.39 Å². The molecule has 0 saturated carbocycles. The number of tetrazole rings is 1. The fourth-order valence-corrected chi connectivity index (χ4v) is 2.21. The summed E-state index contributed by atoms with van der Waals surface area (Å²) in [5.41, 5.74) is 6.83. The maximum Gasteiger partial charge on any atom is 0.184 e. The molecule has 2 heterocycles. The number of rotatable bonds is 3. The minimum absolute atomic E-state index is 0.358. The van der Waals surface area contributed by atoms with Gasteiger partial charge in [0.2, 0.25) is 0 Å². The van der Waals surface area contributed by atoms with Crippen molar-refractivity contribution in [1.29, 1.82) is 0 Å². The number of ether oxygens (including phenoxy) is 1. The molecule has 0 amide bonds. The predicted molar refractivity (Wildman–Crippen MR) is 66.5 cm³/mol. The van der Waals surface area contributed by atoms with Crippen LogP contribution in [0.1, 0.15) is 6.42 Å². The SMILES string of the molecule is Nc1ccc(F)cc1-c1nnnn1CC1CCOC1. The third-order valence-electron chi connectivity index (χ3n) is 3.24. The van der Waals surface area contributed by atoms with Crippen molar-refractivity contribution in [3.8, 4) is 11.4 Å². The van der Waals surface area contributed by atoms with Crippen LogP contribution in [-0.4, -0.2) is 33.4 Å². The van der Waals surface area contributed by atoms with Gasteiger partial charge in [0.15, 0.2) is 5.82 Å². The summed E-state index contributed by atoms with van der Waals surface area (Å²) in [5, 5.41) is 11.5. The molecule has 2 aromatic rings. The highest BCUT2D eigenvalue weighted by Gasteiger charge is 2.20. The Hall–Kier alpha value is -2.02. The Morgan fingerprint density at radius 2 is 2.37 bits per heavy atom. The van der Waals surface area contributed by atoms with Crippen LogP contribution in [0.5, 0.6) is 0 Å². The molecule has 0 bridgehead atoms. The fraction of sp³-hybridized carbons (Fsp3) is 0.417. The van der Waals surface area contributed by atoms with E-state index in [0.29, 0.717) is 36.1 Å². The Morgan fingerprint density at radius 3 is 3.16 bits per heavy atom. The molecule has 2 N–H and O–H groups in total. The second kappa shape index (κ2) is 4.93. The molecule has 0 spiro atoms. The van der Waals surface area contributed by atoms with E-state index in [1.165, 1.54) is 18.2 Å². The Bertz CT molecular complexity index is 579. The fourth-order valence-electron chi connectivity index (χ4n) is 2.21. The zero-order valence-corrected chi connectivity index (χ0v) is 10.3. The maximum absolute atomic E-state index is 13.3. The second-order valence-corrected chi connectivity index (χ2v) is 4.65. The predicted octanol–water partition coefficient (Wildman–Crippen LogP) is 1.10. The Balaban J connectivity index is 1.92. The molecule has 1 saturated heterocycles. The average molecular weight is 263 g/mol. The summed E-state index contributed by atoms with van der Waals surface area (Å²) in [4.78, 5) is 0. The number of hydrogen-bond donors (Lipinski definition) is 1. The first-order valence-electron chi connectivity index (χ1n) is 6.13. The monoisotopic (exact) mass is 263 g/mol. The summed E-state index contributed by atoms with van der Waals surface area (Å²) in [6.07, 6.45) is 0.984. The van der Waals surface area contributed by atoms with Crippen molar-refractivity contribution in [2.75, 3.05) is 18.9 Å². The van der Waals surface area contributed by atoms with Crippen molar-refractivity contribution in [3.05, 3.63) is 24.0 Å². The van der Waals surface area contributed by atoms with Crippen LogP contribution in [0.2, 0.25) is 0 Å². The zero-order valence-electron chi connectivity index (χ0n) is 10.3. The zero-order chi connectivity index (χ0) is 13.2. The highest BCUT2D eigenvalue weighted by molar-refractivity contribution is 5.71. The normalized spacial score (nSPS) is 18.9. The smallest absolute Gasteiger partial charge is 0.184 e.